The van der Waals surface area contributed by atoms with Crippen LogP contribution in [0.3, 0.4) is 0 Å². The number of methoxy groups -OCH3 is 2. The molecule has 0 saturated heterocycles. The Morgan fingerprint density at radius 2 is 1.65 bits per heavy atom. The van der Waals surface area contributed by atoms with Crippen molar-refractivity contribution in [2.75, 3.05) is 14.2 Å². The first-order valence-electron chi connectivity index (χ1n) is 6.25. The molecule has 0 heterocycles. The summed E-state index contributed by atoms with van der Waals surface area (Å²) in [5.74, 6) is -1.77. The van der Waals surface area contributed by atoms with Crippen molar-refractivity contribution in [3.8, 4) is 0 Å². The fourth-order valence-electron chi connectivity index (χ4n) is 1.42. The third-order valence-electron chi connectivity index (χ3n) is 2.49. The molecule has 0 aliphatic carbocycles. The summed E-state index contributed by atoms with van der Waals surface area (Å²) in [6.07, 6.45) is -0.853. The Kier molecular flexibility index (Phi) is 7.02. The summed E-state index contributed by atoms with van der Waals surface area (Å²) in [5, 5.41) is 2.49. The van der Waals surface area contributed by atoms with Gasteiger partial charge in [-0.1, -0.05) is 0 Å². The van der Waals surface area contributed by atoms with Gasteiger partial charge in [-0.2, -0.15) is 0 Å². The minimum Gasteiger partial charge on any atom is -0.469 e. The SMILES string of the molecule is COC(=O)C[C@H](NC(=O)OC(C)(C)C)[C@@H](C)C(=O)OC. The van der Waals surface area contributed by atoms with Gasteiger partial charge in [-0.15, -0.1) is 0 Å². The average molecular weight is 289 g/mol. The predicted octanol–water partition coefficient (Wildman–Crippen LogP) is 1.25. The van der Waals surface area contributed by atoms with Crippen LogP contribution in [-0.2, 0) is 23.8 Å². The maximum absolute atomic E-state index is 11.7. The second-order valence-electron chi connectivity index (χ2n) is 5.34. The van der Waals surface area contributed by atoms with Crippen LogP contribution in [0.4, 0.5) is 4.79 Å². The smallest absolute Gasteiger partial charge is 0.407 e. The molecule has 20 heavy (non-hydrogen) atoms. The van der Waals surface area contributed by atoms with E-state index in [4.69, 9.17) is 4.74 Å². The van der Waals surface area contributed by atoms with Crippen LogP contribution in [0.5, 0.6) is 0 Å². The van der Waals surface area contributed by atoms with Gasteiger partial charge in [0.2, 0.25) is 0 Å². The fourth-order valence-corrected chi connectivity index (χ4v) is 1.42. The van der Waals surface area contributed by atoms with Crippen LogP contribution in [0.1, 0.15) is 34.1 Å². The first kappa shape index (κ1) is 18.2. The van der Waals surface area contributed by atoms with Crippen molar-refractivity contribution in [3.05, 3.63) is 0 Å². The lowest BCUT2D eigenvalue weighted by molar-refractivity contribution is -0.147. The molecule has 2 atom stereocenters. The third kappa shape index (κ3) is 6.96. The molecule has 0 radical (unpaired) electrons. The van der Waals surface area contributed by atoms with E-state index in [1.54, 1.807) is 27.7 Å². The summed E-state index contributed by atoms with van der Waals surface area (Å²) in [6, 6.07) is -0.759. The third-order valence-corrected chi connectivity index (χ3v) is 2.49. The highest BCUT2D eigenvalue weighted by atomic mass is 16.6. The van der Waals surface area contributed by atoms with Crippen LogP contribution in [0.25, 0.3) is 0 Å². The number of esters is 2. The molecule has 1 amide bonds. The van der Waals surface area contributed by atoms with Crippen LogP contribution in [-0.4, -0.2) is 43.9 Å². The monoisotopic (exact) mass is 289 g/mol. The number of rotatable bonds is 5. The number of hydrogen-bond acceptors (Lipinski definition) is 6. The molecule has 7 nitrogen and oxygen atoms in total. The summed E-state index contributed by atoms with van der Waals surface area (Å²) >= 11 is 0. The second kappa shape index (κ2) is 7.72. The van der Waals surface area contributed by atoms with E-state index in [2.05, 4.69) is 14.8 Å². The molecule has 0 aliphatic heterocycles. The van der Waals surface area contributed by atoms with Gasteiger partial charge in [0, 0.05) is 0 Å². The lowest BCUT2D eigenvalue weighted by Crippen LogP contribution is -2.46. The Balaban J connectivity index is 4.81. The minimum atomic E-state index is -0.759. The molecule has 0 saturated carbocycles. The normalized spacial score (nSPS) is 13.9. The number of amides is 1. The molecular weight excluding hydrogens is 266 g/mol. The lowest BCUT2D eigenvalue weighted by Gasteiger charge is -2.25. The van der Waals surface area contributed by atoms with Crippen molar-refractivity contribution >= 4 is 18.0 Å². The zero-order valence-corrected chi connectivity index (χ0v) is 12.8. The molecule has 1 N–H and O–H groups in total. The van der Waals surface area contributed by atoms with Gasteiger partial charge < -0.3 is 19.5 Å². The highest BCUT2D eigenvalue weighted by molar-refractivity contribution is 5.78. The van der Waals surface area contributed by atoms with Gasteiger partial charge in [0.05, 0.1) is 32.6 Å². The molecule has 0 bridgehead atoms. The van der Waals surface area contributed by atoms with Crippen LogP contribution >= 0.6 is 0 Å². The first-order valence-corrected chi connectivity index (χ1v) is 6.25. The van der Waals surface area contributed by atoms with Gasteiger partial charge >= 0.3 is 18.0 Å². The van der Waals surface area contributed by atoms with E-state index in [0.29, 0.717) is 0 Å². The molecule has 0 aliphatic rings. The number of nitrogens with one attached hydrogen (secondary N) is 1. The van der Waals surface area contributed by atoms with E-state index in [1.807, 2.05) is 0 Å². The largest absolute Gasteiger partial charge is 0.469 e. The van der Waals surface area contributed by atoms with Crippen LogP contribution < -0.4 is 5.32 Å². The molecule has 0 rings (SSSR count). The standard InChI is InChI=1S/C13H23NO6/c1-8(11(16)19-6)9(7-10(15)18-5)14-12(17)20-13(2,3)4/h8-9H,7H2,1-6H3,(H,14,17)/t8-,9+/m1/s1. The van der Waals surface area contributed by atoms with Gasteiger partial charge in [-0.05, 0) is 27.7 Å². The van der Waals surface area contributed by atoms with E-state index in [0.717, 1.165) is 0 Å². The molecule has 0 aromatic rings. The van der Waals surface area contributed by atoms with Crippen molar-refractivity contribution in [1.82, 2.24) is 5.32 Å². The van der Waals surface area contributed by atoms with Crippen molar-refractivity contribution in [1.29, 1.82) is 0 Å². The Morgan fingerprint density at radius 1 is 1.10 bits per heavy atom. The number of ether oxygens (including phenoxy) is 3. The van der Waals surface area contributed by atoms with Gasteiger partial charge in [-0.25, -0.2) is 4.79 Å². The van der Waals surface area contributed by atoms with Gasteiger partial charge in [0.1, 0.15) is 5.60 Å². The van der Waals surface area contributed by atoms with Crippen molar-refractivity contribution < 1.29 is 28.6 Å². The molecule has 0 aromatic carbocycles. The van der Waals surface area contributed by atoms with E-state index >= 15 is 0 Å². The first-order chi connectivity index (χ1) is 9.10. The zero-order chi connectivity index (χ0) is 15.9. The summed E-state index contributed by atoms with van der Waals surface area (Å²) in [4.78, 5) is 34.6. The van der Waals surface area contributed by atoms with Crippen LogP contribution in [0.15, 0.2) is 0 Å². The van der Waals surface area contributed by atoms with Crippen molar-refractivity contribution in [3.63, 3.8) is 0 Å². The lowest BCUT2D eigenvalue weighted by atomic mass is 9.99. The van der Waals surface area contributed by atoms with Crippen LogP contribution in [0.2, 0.25) is 0 Å². The van der Waals surface area contributed by atoms with Crippen molar-refractivity contribution in [2.45, 2.75) is 45.8 Å². The average Bonchev–Trinajstić information content (AvgIpc) is 2.33. The number of alkyl carbamates (subject to hydrolysis) is 1. The molecule has 0 fully saturated rings. The van der Waals surface area contributed by atoms with Crippen LogP contribution in [0, 0.1) is 5.92 Å². The molecule has 0 unspecified atom stereocenters. The van der Waals surface area contributed by atoms with Gasteiger partial charge in [0.25, 0.3) is 0 Å². The highest BCUT2D eigenvalue weighted by Gasteiger charge is 2.30. The molecule has 116 valence electrons. The van der Waals surface area contributed by atoms with E-state index in [-0.39, 0.29) is 6.42 Å². The van der Waals surface area contributed by atoms with E-state index in [1.165, 1.54) is 14.2 Å². The maximum atomic E-state index is 11.7. The molecule has 0 spiro atoms. The molecule has 7 heteroatoms. The summed E-state index contributed by atoms with van der Waals surface area (Å²) in [6.45, 7) is 6.69. The summed E-state index contributed by atoms with van der Waals surface area (Å²) in [7, 11) is 2.47. The highest BCUT2D eigenvalue weighted by Crippen LogP contribution is 2.12. The topological polar surface area (TPSA) is 90.9 Å². The quantitative estimate of drug-likeness (QED) is 0.605. The Labute approximate surface area is 118 Å². The fraction of sp³-hybridized carbons (Fsp3) is 0.769. The summed E-state index contributed by atoms with van der Waals surface area (Å²) < 4.78 is 14.2. The van der Waals surface area contributed by atoms with E-state index < -0.39 is 35.6 Å². The molecular formula is C13H23NO6. The Bertz CT molecular complexity index is 360. The maximum Gasteiger partial charge on any atom is 0.407 e. The van der Waals surface area contributed by atoms with Gasteiger partial charge in [0.15, 0.2) is 0 Å². The second-order valence-corrected chi connectivity index (χ2v) is 5.34. The zero-order valence-electron chi connectivity index (χ0n) is 12.8. The van der Waals surface area contributed by atoms with Gasteiger partial charge in [-0.3, -0.25) is 9.59 Å². The Hall–Kier alpha value is -1.79. The predicted molar refractivity (Wildman–Crippen MR) is 71.0 cm³/mol. The van der Waals surface area contributed by atoms with E-state index in [9.17, 15) is 14.4 Å². The Morgan fingerprint density at radius 3 is 2.05 bits per heavy atom. The molecule has 0 aromatic heterocycles. The number of carbonyl (C=O) groups is 3. The summed E-state index contributed by atoms with van der Waals surface area (Å²) in [5.41, 5.74) is -0.672. The van der Waals surface area contributed by atoms with Crippen molar-refractivity contribution in [2.24, 2.45) is 5.92 Å². The number of carbonyl (C=O) groups excluding carboxylic acids is 3. The number of hydrogen-bond donors (Lipinski definition) is 1. The minimum absolute atomic E-state index is 0.147.